The molecule has 2 atom stereocenters. The molecule has 2 heterocycles. The van der Waals surface area contributed by atoms with E-state index in [1.807, 2.05) is 12.3 Å². The number of ether oxygens (including phenoxy) is 1. The summed E-state index contributed by atoms with van der Waals surface area (Å²) in [5, 5.41) is 0. The molecular formula is C12H13IN2O2. The van der Waals surface area contributed by atoms with Crippen molar-refractivity contribution < 1.29 is 9.53 Å². The zero-order chi connectivity index (χ0) is 12.0. The monoisotopic (exact) mass is 344 g/mol. The third-order valence-electron chi connectivity index (χ3n) is 3.70. The van der Waals surface area contributed by atoms with Gasteiger partial charge in [0.1, 0.15) is 5.82 Å². The summed E-state index contributed by atoms with van der Waals surface area (Å²) in [7, 11) is 1.47. The van der Waals surface area contributed by atoms with Crippen molar-refractivity contribution in [3.63, 3.8) is 0 Å². The molecule has 90 valence electrons. The molecule has 1 aromatic heterocycles. The molecule has 1 aliphatic carbocycles. The Morgan fingerprint density at radius 2 is 2.18 bits per heavy atom. The number of pyridine rings is 1. The number of rotatable bonds is 2. The van der Waals surface area contributed by atoms with Gasteiger partial charge in [-0.1, -0.05) is 0 Å². The summed E-state index contributed by atoms with van der Waals surface area (Å²) >= 11 is 2.25. The normalized spacial score (nSPS) is 30.0. The van der Waals surface area contributed by atoms with Crippen LogP contribution in [0.3, 0.4) is 0 Å². The minimum atomic E-state index is -0.0461. The number of methoxy groups -OCH3 is 1. The molecule has 0 bridgehead atoms. The molecule has 1 aromatic rings. The van der Waals surface area contributed by atoms with Gasteiger partial charge < -0.3 is 9.64 Å². The maximum absolute atomic E-state index is 11.4. The van der Waals surface area contributed by atoms with E-state index in [-0.39, 0.29) is 11.9 Å². The number of fused-ring (bicyclic) bond motifs is 1. The Morgan fingerprint density at radius 1 is 1.47 bits per heavy atom. The first kappa shape index (κ1) is 11.3. The topological polar surface area (TPSA) is 42.4 Å². The summed E-state index contributed by atoms with van der Waals surface area (Å²) in [6.07, 6.45) is 1.87. The van der Waals surface area contributed by atoms with Crippen LogP contribution in [0.15, 0.2) is 18.3 Å². The number of hydrogen-bond donors (Lipinski definition) is 0. The van der Waals surface area contributed by atoms with E-state index in [1.165, 1.54) is 7.11 Å². The number of nitrogens with zero attached hydrogens (tertiary/aromatic N) is 2. The van der Waals surface area contributed by atoms with E-state index >= 15 is 0 Å². The number of anilines is 1. The van der Waals surface area contributed by atoms with Crippen molar-refractivity contribution in [2.24, 2.45) is 17.8 Å². The number of aromatic nitrogens is 1. The van der Waals surface area contributed by atoms with Crippen LogP contribution in [0.4, 0.5) is 5.82 Å². The van der Waals surface area contributed by atoms with Crippen LogP contribution in [-0.2, 0) is 9.53 Å². The van der Waals surface area contributed by atoms with Crippen LogP contribution in [0, 0.1) is 21.3 Å². The van der Waals surface area contributed by atoms with Gasteiger partial charge in [0.25, 0.3) is 0 Å². The van der Waals surface area contributed by atoms with Crippen LogP contribution in [0.2, 0.25) is 0 Å². The van der Waals surface area contributed by atoms with Gasteiger partial charge in [-0.3, -0.25) is 4.79 Å². The fourth-order valence-corrected chi connectivity index (χ4v) is 3.07. The third kappa shape index (κ3) is 1.90. The molecule has 1 aliphatic heterocycles. The Balaban J connectivity index is 1.65. The molecule has 2 aliphatic rings. The molecule has 0 N–H and O–H groups in total. The first-order chi connectivity index (χ1) is 8.20. The lowest BCUT2D eigenvalue weighted by atomic mass is 10.2. The maximum Gasteiger partial charge on any atom is 0.309 e. The van der Waals surface area contributed by atoms with Crippen molar-refractivity contribution in [1.29, 1.82) is 0 Å². The molecule has 0 radical (unpaired) electrons. The van der Waals surface area contributed by atoms with Crippen LogP contribution in [0.1, 0.15) is 0 Å². The molecule has 17 heavy (non-hydrogen) atoms. The van der Waals surface area contributed by atoms with E-state index in [0.717, 1.165) is 22.5 Å². The summed E-state index contributed by atoms with van der Waals surface area (Å²) in [6, 6.07) is 4.10. The Kier molecular flexibility index (Phi) is 2.72. The molecule has 1 saturated carbocycles. The van der Waals surface area contributed by atoms with Crippen molar-refractivity contribution >= 4 is 34.4 Å². The Hall–Kier alpha value is -0.850. The van der Waals surface area contributed by atoms with Crippen LogP contribution < -0.4 is 4.90 Å². The average Bonchev–Trinajstić information content (AvgIpc) is 2.84. The smallest absolute Gasteiger partial charge is 0.309 e. The number of esters is 1. The Bertz CT molecular complexity index is 436. The molecule has 0 spiro atoms. The number of piperidine rings is 1. The first-order valence-corrected chi connectivity index (χ1v) is 6.73. The fourth-order valence-electron chi connectivity index (χ4n) is 2.75. The van der Waals surface area contributed by atoms with Crippen molar-refractivity contribution in [3.8, 4) is 0 Å². The van der Waals surface area contributed by atoms with Gasteiger partial charge in [0.15, 0.2) is 0 Å². The molecule has 2 unspecified atom stereocenters. The largest absolute Gasteiger partial charge is 0.469 e. The lowest BCUT2D eigenvalue weighted by Gasteiger charge is -2.20. The lowest BCUT2D eigenvalue weighted by Crippen LogP contribution is -2.27. The highest BCUT2D eigenvalue weighted by molar-refractivity contribution is 14.1. The Morgan fingerprint density at radius 3 is 2.71 bits per heavy atom. The van der Waals surface area contributed by atoms with Crippen LogP contribution in [0.5, 0.6) is 0 Å². The second-order valence-corrected chi connectivity index (χ2v) is 5.86. The van der Waals surface area contributed by atoms with Gasteiger partial charge in [-0.25, -0.2) is 4.98 Å². The maximum atomic E-state index is 11.4. The summed E-state index contributed by atoms with van der Waals surface area (Å²) in [5.74, 6) is 2.06. The highest BCUT2D eigenvalue weighted by atomic mass is 127. The van der Waals surface area contributed by atoms with E-state index in [9.17, 15) is 4.79 Å². The number of halogens is 1. The van der Waals surface area contributed by atoms with Gasteiger partial charge in [-0.15, -0.1) is 0 Å². The summed E-state index contributed by atoms with van der Waals surface area (Å²) in [4.78, 5) is 18.1. The molecule has 3 rings (SSSR count). The SMILES string of the molecule is COC(=O)C1C2CN(c3ccc(I)cn3)CC21. The summed E-state index contributed by atoms with van der Waals surface area (Å²) in [6.45, 7) is 1.86. The highest BCUT2D eigenvalue weighted by Crippen LogP contribution is 2.52. The molecular weight excluding hydrogens is 331 g/mol. The van der Waals surface area contributed by atoms with Crippen LogP contribution in [0.25, 0.3) is 0 Å². The predicted molar refractivity (Wildman–Crippen MR) is 71.7 cm³/mol. The molecule has 2 fully saturated rings. The second kappa shape index (κ2) is 4.12. The Labute approximate surface area is 113 Å². The number of hydrogen-bond acceptors (Lipinski definition) is 4. The van der Waals surface area contributed by atoms with Crippen molar-refractivity contribution in [2.45, 2.75) is 0 Å². The zero-order valence-corrected chi connectivity index (χ0v) is 11.6. The third-order valence-corrected chi connectivity index (χ3v) is 4.34. The predicted octanol–water partition coefficient (Wildman–Crippen LogP) is 1.54. The van der Waals surface area contributed by atoms with Gasteiger partial charge in [0.05, 0.1) is 13.0 Å². The minimum absolute atomic E-state index is 0.0461. The van der Waals surface area contributed by atoms with Crippen molar-refractivity contribution in [2.75, 3.05) is 25.1 Å². The number of carbonyl (C=O) groups excluding carboxylic acids is 1. The lowest BCUT2D eigenvalue weighted by molar-refractivity contribution is -0.142. The van der Waals surface area contributed by atoms with E-state index in [4.69, 9.17) is 4.74 Å². The van der Waals surface area contributed by atoms with Gasteiger partial charge in [0.2, 0.25) is 0 Å². The summed E-state index contributed by atoms with van der Waals surface area (Å²) < 4.78 is 5.93. The second-order valence-electron chi connectivity index (χ2n) is 4.62. The quantitative estimate of drug-likeness (QED) is 0.603. The van der Waals surface area contributed by atoms with E-state index in [2.05, 4.69) is 38.5 Å². The molecule has 1 saturated heterocycles. The van der Waals surface area contributed by atoms with Gasteiger partial charge >= 0.3 is 5.97 Å². The van der Waals surface area contributed by atoms with Gasteiger partial charge in [-0.05, 0) is 46.6 Å². The molecule has 0 aromatic carbocycles. The average molecular weight is 344 g/mol. The van der Waals surface area contributed by atoms with Gasteiger partial charge in [0, 0.05) is 22.9 Å². The van der Waals surface area contributed by atoms with E-state index < -0.39 is 0 Å². The standard InChI is InChI=1S/C12H13IN2O2/c1-17-12(16)11-8-5-15(6-9(8)11)10-3-2-7(13)4-14-10/h2-4,8-9,11H,5-6H2,1H3. The molecule has 4 nitrogen and oxygen atoms in total. The van der Waals surface area contributed by atoms with E-state index in [1.54, 1.807) is 0 Å². The van der Waals surface area contributed by atoms with Gasteiger partial charge in [-0.2, -0.15) is 0 Å². The minimum Gasteiger partial charge on any atom is -0.469 e. The first-order valence-electron chi connectivity index (χ1n) is 5.65. The molecule has 5 heteroatoms. The van der Waals surface area contributed by atoms with Crippen LogP contribution >= 0.6 is 22.6 Å². The van der Waals surface area contributed by atoms with Crippen LogP contribution in [-0.4, -0.2) is 31.2 Å². The summed E-state index contributed by atoms with van der Waals surface area (Å²) in [5.41, 5.74) is 0. The fraction of sp³-hybridized carbons (Fsp3) is 0.500. The zero-order valence-electron chi connectivity index (χ0n) is 9.47. The molecule has 0 amide bonds. The van der Waals surface area contributed by atoms with E-state index in [0.29, 0.717) is 11.8 Å². The highest BCUT2D eigenvalue weighted by Gasteiger charge is 2.60. The van der Waals surface area contributed by atoms with Crippen molar-refractivity contribution in [3.05, 3.63) is 21.9 Å². The number of carbonyl (C=O) groups is 1. The van der Waals surface area contributed by atoms with Crippen molar-refractivity contribution in [1.82, 2.24) is 4.98 Å².